The molecule has 0 bridgehead atoms. The number of rotatable bonds is 4. The van der Waals surface area contributed by atoms with Crippen LogP contribution in [0.2, 0.25) is 0 Å². The molecule has 1 amide bonds. The lowest BCUT2D eigenvalue weighted by Gasteiger charge is -2.08. The summed E-state index contributed by atoms with van der Waals surface area (Å²) in [5.74, 6) is -0.0590. The molecule has 0 saturated carbocycles. The topological polar surface area (TPSA) is 59.8 Å². The zero-order valence-electron chi connectivity index (χ0n) is 13.6. The molecule has 1 N–H and O–H groups in total. The van der Waals surface area contributed by atoms with Gasteiger partial charge < -0.3 is 5.32 Å². The van der Waals surface area contributed by atoms with E-state index in [1.54, 1.807) is 10.9 Å². The van der Waals surface area contributed by atoms with Crippen molar-refractivity contribution in [1.82, 2.24) is 20.1 Å². The van der Waals surface area contributed by atoms with E-state index >= 15 is 0 Å². The second kappa shape index (κ2) is 6.20. The molecule has 0 aliphatic rings. The Labute approximate surface area is 135 Å². The minimum Gasteiger partial charge on any atom is -0.352 e. The Bertz CT molecular complexity index is 837. The van der Waals surface area contributed by atoms with Crippen LogP contribution in [0.4, 0.5) is 0 Å². The Morgan fingerprint density at radius 1 is 1.22 bits per heavy atom. The molecule has 2 heterocycles. The Morgan fingerprint density at radius 3 is 2.65 bits per heavy atom. The summed E-state index contributed by atoms with van der Waals surface area (Å²) in [6.07, 6.45) is 1.77. The van der Waals surface area contributed by atoms with Crippen molar-refractivity contribution in [2.75, 3.05) is 0 Å². The third-order valence-electron chi connectivity index (χ3n) is 3.64. The fraction of sp³-hybridized carbons (Fsp3) is 0.278. The van der Waals surface area contributed by atoms with Gasteiger partial charge in [-0.25, -0.2) is 9.67 Å². The van der Waals surface area contributed by atoms with Crippen LogP contribution in [-0.2, 0) is 11.3 Å². The Hall–Kier alpha value is -2.69. The van der Waals surface area contributed by atoms with E-state index in [4.69, 9.17) is 0 Å². The van der Waals surface area contributed by atoms with Crippen molar-refractivity contribution in [1.29, 1.82) is 0 Å². The number of nitrogens with one attached hydrogen (secondary N) is 1. The van der Waals surface area contributed by atoms with Crippen LogP contribution in [0.15, 0.2) is 42.6 Å². The molecule has 0 aliphatic heterocycles. The Morgan fingerprint density at radius 2 is 1.96 bits per heavy atom. The van der Waals surface area contributed by atoms with Gasteiger partial charge in [0.1, 0.15) is 6.54 Å². The predicted octanol–water partition coefficient (Wildman–Crippen LogP) is 2.93. The first-order chi connectivity index (χ1) is 11.1. The maximum atomic E-state index is 12.0. The molecule has 0 atom stereocenters. The molecule has 0 aliphatic carbocycles. The first-order valence-corrected chi connectivity index (χ1v) is 7.73. The third-order valence-corrected chi connectivity index (χ3v) is 3.64. The molecule has 5 nitrogen and oxygen atoms in total. The van der Waals surface area contributed by atoms with Crippen LogP contribution in [0, 0.1) is 6.92 Å². The smallest absolute Gasteiger partial charge is 0.242 e. The number of amides is 1. The highest BCUT2D eigenvalue weighted by Crippen LogP contribution is 2.29. The highest BCUT2D eigenvalue weighted by Gasteiger charge is 2.15. The second-order valence-corrected chi connectivity index (χ2v) is 5.89. The van der Waals surface area contributed by atoms with Crippen molar-refractivity contribution in [3.8, 4) is 11.1 Å². The van der Waals surface area contributed by atoms with Crippen LogP contribution in [0.5, 0.6) is 0 Å². The molecule has 3 aromatic rings. The van der Waals surface area contributed by atoms with E-state index in [9.17, 15) is 4.79 Å². The van der Waals surface area contributed by atoms with Gasteiger partial charge in [0.25, 0.3) is 0 Å². The molecule has 0 fully saturated rings. The number of nitrogens with zero attached hydrogens (tertiary/aromatic N) is 3. The van der Waals surface area contributed by atoms with Gasteiger partial charge in [-0.3, -0.25) is 4.79 Å². The molecular formula is C18H20N4O. The molecule has 3 rings (SSSR count). The van der Waals surface area contributed by atoms with Gasteiger partial charge in [-0.2, -0.15) is 5.10 Å². The van der Waals surface area contributed by atoms with Crippen LogP contribution in [0.1, 0.15) is 19.5 Å². The summed E-state index contributed by atoms with van der Waals surface area (Å²) in [6.45, 7) is 6.01. The molecule has 0 radical (unpaired) electrons. The molecular weight excluding hydrogens is 288 g/mol. The zero-order chi connectivity index (χ0) is 16.4. The van der Waals surface area contributed by atoms with Crippen molar-refractivity contribution in [2.45, 2.75) is 33.4 Å². The molecule has 118 valence electrons. The molecule has 0 unspecified atom stereocenters. The summed E-state index contributed by atoms with van der Waals surface area (Å²) in [4.78, 5) is 16.5. The number of hydrogen-bond donors (Lipinski definition) is 1. The van der Waals surface area contributed by atoms with Gasteiger partial charge in [0.05, 0.1) is 5.69 Å². The number of carbonyl (C=O) groups excluding carboxylic acids is 1. The molecule has 23 heavy (non-hydrogen) atoms. The summed E-state index contributed by atoms with van der Waals surface area (Å²) in [7, 11) is 0. The van der Waals surface area contributed by atoms with Gasteiger partial charge in [-0.15, -0.1) is 0 Å². The van der Waals surface area contributed by atoms with Crippen LogP contribution < -0.4 is 5.32 Å². The maximum absolute atomic E-state index is 12.0. The SMILES string of the molecule is Cc1nn(CC(=O)NC(C)C)c2nccc(-c3ccccc3)c12. The monoisotopic (exact) mass is 308 g/mol. The van der Waals surface area contributed by atoms with Gasteiger partial charge in [0, 0.05) is 17.6 Å². The quantitative estimate of drug-likeness (QED) is 0.806. The first-order valence-electron chi connectivity index (χ1n) is 7.73. The molecule has 0 spiro atoms. The number of aromatic nitrogens is 3. The fourth-order valence-corrected chi connectivity index (χ4v) is 2.75. The second-order valence-electron chi connectivity index (χ2n) is 5.89. The summed E-state index contributed by atoms with van der Waals surface area (Å²) in [5.41, 5.74) is 3.82. The fourth-order valence-electron chi connectivity index (χ4n) is 2.75. The lowest BCUT2D eigenvalue weighted by atomic mass is 10.0. The van der Waals surface area contributed by atoms with Crippen molar-refractivity contribution in [3.05, 3.63) is 48.3 Å². The summed E-state index contributed by atoms with van der Waals surface area (Å²) < 4.78 is 1.68. The molecule has 1 aromatic carbocycles. The van der Waals surface area contributed by atoms with Crippen molar-refractivity contribution in [2.24, 2.45) is 0 Å². The molecule has 2 aromatic heterocycles. The zero-order valence-corrected chi connectivity index (χ0v) is 13.6. The van der Waals surface area contributed by atoms with Gasteiger partial charge in [-0.1, -0.05) is 30.3 Å². The van der Waals surface area contributed by atoms with E-state index in [2.05, 4.69) is 27.5 Å². The lowest BCUT2D eigenvalue weighted by molar-refractivity contribution is -0.122. The highest BCUT2D eigenvalue weighted by atomic mass is 16.2. The number of aryl methyl sites for hydroxylation is 1. The number of benzene rings is 1. The van der Waals surface area contributed by atoms with Crippen LogP contribution in [0.3, 0.4) is 0 Å². The van der Waals surface area contributed by atoms with Gasteiger partial charge in [0.2, 0.25) is 5.91 Å². The van der Waals surface area contributed by atoms with Gasteiger partial charge >= 0.3 is 0 Å². The summed E-state index contributed by atoms with van der Waals surface area (Å²) in [5, 5.41) is 8.40. The number of fused-ring (bicyclic) bond motifs is 1. The van der Waals surface area contributed by atoms with Crippen molar-refractivity contribution in [3.63, 3.8) is 0 Å². The average Bonchev–Trinajstić information content (AvgIpc) is 2.84. The van der Waals surface area contributed by atoms with Crippen LogP contribution in [0.25, 0.3) is 22.2 Å². The first kappa shape index (κ1) is 15.2. The molecule has 0 saturated heterocycles. The largest absolute Gasteiger partial charge is 0.352 e. The molecule has 5 heteroatoms. The highest BCUT2D eigenvalue weighted by molar-refractivity contribution is 5.95. The third kappa shape index (κ3) is 3.08. The predicted molar refractivity (Wildman–Crippen MR) is 91.0 cm³/mol. The van der Waals surface area contributed by atoms with E-state index in [1.165, 1.54) is 0 Å². The average molecular weight is 308 g/mol. The van der Waals surface area contributed by atoms with E-state index in [1.807, 2.05) is 45.0 Å². The van der Waals surface area contributed by atoms with E-state index in [0.717, 1.165) is 27.9 Å². The van der Waals surface area contributed by atoms with Gasteiger partial charge in [-0.05, 0) is 38.0 Å². The maximum Gasteiger partial charge on any atom is 0.242 e. The van der Waals surface area contributed by atoms with Crippen molar-refractivity contribution >= 4 is 16.9 Å². The number of hydrogen-bond acceptors (Lipinski definition) is 3. The normalized spacial score (nSPS) is 11.1. The van der Waals surface area contributed by atoms with Gasteiger partial charge in [0.15, 0.2) is 5.65 Å². The Kier molecular flexibility index (Phi) is 4.10. The van der Waals surface area contributed by atoms with E-state index in [0.29, 0.717) is 0 Å². The number of pyridine rings is 1. The van der Waals surface area contributed by atoms with E-state index in [-0.39, 0.29) is 18.5 Å². The standard InChI is InChI=1S/C18H20N4O/c1-12(2)20-16(23)11-22-18-17(13(3)21-22)15(9-10-19-18)14-7-5-4-6-8-14/h4-10,12H,11H2,1-3H3,(H,20,23). The van der Waals surface area contributed by atoms with Crippen LogP contribution in [-0.4, -0.2) is 26.7 Å². The summed E-state index contributed by atoms with van der Waals surface area (Å²) >= 11 is 0. The van der Waals surface area contributed by atoms with Crippen LogP contribution >= 0.6 is 0 Å². The summed E-state index contributed by atoms with van der Waals surface area (Å²) in [6, 6.07) is 12.3. The minimum atomic E-state index is -0.0590. The minimum absolute atomic E-state index is 0.0590. The lowest BCUT2D eigenvalue weighted by Crippen LogP contribution is -2.33. The number of carbonyl (C=O) groups is 1. The van der Waals surface area contributed by atoms with E-state index < -0.39 is 0 Å². The Balaban J connectivity index is 2.05. The van der Waals surface area contributed by atoms with Crippen molar-refractivity contribution < 1.29 is 4.79 Å².